The fraction of sp³-hybridized carbons (Fsp3) is 0.800. The first-order chi connectivity index (χ1) is 6.76. The van der Waals surface area contributed by atoms with E-state index in [4.69, 9.17) is 9.84 Å². The van der Waals surface area contributed by atoms with Crippen molar-refractivity contribution in [3.8, 4) is 0 Å². The van der Waals surface area contributed by atoms with Gasteiger partial charge in [-0.3, -0.25) is 4.79 Å². The number of rotatable bonds is 4. The third-order valence-corrected chi connectivity index (χ3v) is 1.63. The standard InChI is InChI=1S/C10H19NO4/c1-5-11(7-6-8(12)13)9(14)15-10(2,3)4/h5-7H2,1-4H3,(H,12,13). The van der Waals surface area contributed by atoms with Crippen LogP contribution in [-0.4, -0.2) is 40.8 Å². The fourth-order valence-corrected chi connectivity index (χ4v) is 0.936. The topological polar surface area (TPSA) is 66.8 Å². The fourth-order valence-electron chi connectivity index (χ4n) is 0.936. The van der Waals surface area contributed by atoms with Crippen LogP contribution in [0.15, 0.2) is 0 Å². The van der Waals surface area contributed by atoms with E-state index >= 15 is 0 Å². The Kier molecular flexibility index (Phi) is 5.11. The highest BCUT2D eigenvalue weighted by Crippen LogP contribution is 2.09. The van der Waals surface area contributed by atoms with Crippen LogP contribution in [0, 0.1) is 0 Å². The average Bonchev–Trinajstić information content (AvgIpc) is 2.01. The van der Waals surface area contributed by atoms with Gasteiger partial charge in [-0.2, -0.15) is 0 Å². The van der Waals surface area contributed by atoms with E-state index in [1.807, 2.05) is 0 Å². The Morgan fingerprint density at radius 2 is 1.87 bits per heavy atom. The number of carboxylic acids is 1. The maximum Gasteiger partial charge on any atom is 0.410 e. The lowest BCUT2D eigenvalue weighted by Gasteiger charge is -2.26. The third kappa shape index (κ3) is 6.76. The summed E-state index contributed by atoms with van der Waals surface area (Å²) in [4.78, 5) is 23.2. The lowest BCUT2D eigenvalue weighted by molar-refractivity contribution is -0.137. The van der Waals surface area contributed by atoms with Crippen molar-refractivity contribution >= 4 is 12.1 Å². The van der Waals surface area contributed by atoms with Crippen molar-refractivity contribution in [1.82, 2.24) is 4.90 Å². The second-order valence-corrected chi connectivity index (χ2v) is 4.20. The Hall–Kier alpha value is -1.26. The van der Waals surface area contributed by atoms with Gasteiger partial charge < -0.3 is 14.7 Å². The molecular formula is C10H19NO4. The Balaban J connectivity index is 4.16. The van der Waals surface area contributed by atoms with Gasteiger partial charge in [0.25, 0.3) is 0 Å². The molecule has 0 aliphatic rings. The average molecular weight is 217 g/mol. The number of carboxylic acid groups (broad SMARTS) is 1. The molecule has 0 heterocycles. The minimum Gasteiger partial charge on any atom is -0.481 e. The molecule has 0 aromatic rings. The van der Waals surface area contributed by atoms with Crippen molar-refractivity contribution in [1.29, 1.82) is 0 Å². The molecule has 0 saturated carbocycles. The monoisotopic (exact) mass is 217 g/mol. The largest absolute Gasteiger partial charge is 0.481 e. The van der Waals surface area contributed by atoms with Crippen LogP contribution in [0.3, 0.4) is 0 Å². The maximum absolute atomic E-state index is 11.5. The highest BCUT2D eigenvalue weighted by molar-refractivity contribution is 5.70. The third-order valence-electron chi connectivity index (χ3n) is 1.63. The molecule has 15 heavy (non-hydrogen) atoms. The van der Waals surface area contributed by atoms with E-state index in [0.29, 0.717) is 6.54 Å². The van der Waals surface area contributed by atoms with Gasteiger partial charge in [0, 0.05) is 13.1 Å². The van der Waals surface area contributed by atoms with Gasteiger partial charge in [0.1, 0.15) is 5.60 Å². The number of carbonyl (C=O) groups is 2. The van der Waals surface area contributed by atoms with Gasteiger partial charge in [0.05, 0.1) is 6.42 Å². The zero-order valence-electron chi connectivity index (χ0n) is 9.74. The van der Waals surface area contributed by atoms with Crippen LogP contribution in [0.5, 0.6) is 0 Å². The molecule has 0 radical (unpaired) electrons. The number of aliphatic carboxylic acids is 1. The van der Waals surface area contributed by atoms with Crippen molar-refractivity contribution in [3.63, 3.8) is 0 Å². The minimum absolute atomic E-state index is 0.0624. The van der Waals surface area contributed by atoms with E-state index in [-0.39, 0.29) is 13.0 Å². The van der Waals surface area contributed by atoms with E-state index in [1.165, 1.54) is 4.90 Å². The van der Waals surface area contributed by atoms with Gasteiger partial charge in [0.2, 0.25) is 0 Å². The molecule has 0 aromatic carbocycles. The molecule has 0 aliphatic heterocycles. The zero-order valence-corrected chi connectivity index (χ0v) is 9.74. The molecule has 0 fully saturated rings. The van der Waals surface area contributed by atoms with Gasteiger partial charge in [-0.15, -0.1) is 0 Å². The molecule has 5 nitrogen and oxygen atoms in total. The summed E-state index contributed by atoms with van der Waals surface area (Å²) in [7, 11) is 0. The molecule has 88 valence electrons. The van der Waals surface area contributed by atoms with E-state index in [0.717, 1.165) is 0 Å². The smallest absolute Gasteiger partial charge is 0.410 e. The van der Waals surface area contributed by atoms with Crippen molar-refractivity contribution in [2.75, 3.05) is 13.1 Å². The lowest BCUT2D eigenvalue weighted by atomic mass is 10.2. The molecule has 5 heteroatoms. The number of amides is 1. The molecule has 1 N–H and O–H groups in total. The van der Waals surface area contributed by atoms with Crippen molar-refractivity contribution in [3.05, 3.63) is 0 Å². The van der Waals surface area contributed by atoms with E-state index < -0.39 is 17.7 Å². The second kappa shape index (κ2) is 5.58. The van der Waals surface area contributed by atoms with Gasteiger partial charge in [0.15, 0.2) is 0 Å². The van der Waals surface area contributed by atoms with Crippen LogP contribution in [-0.2, 0) is 9.53 Å². The highest BCUT2D eigenvalue weighted by Gasteiger charge is 2.21. The van der Waals surface area contributed by atoms with Gasteiger partial charge in [-0.05, 0) is 27.7 Å². The summed E-state index contributed by atoms with van der Waals surface area (Å²) >= 11 is 0. The van der Waals surface area contributed by atoms with E-state index in [2.05, 4.69) is 0 Å². The summed E-state index contributed by atoms with van der Waals surface area (Å²) in [5, 5.41) is 8.49. The summed E-state index contributed by atoms with van der Waals surface area (Å²) < 4.78 is 5.12. The van der Waals surface area contributed by atoms with Crippen molar-refractivity contribution in [2.24, 2.45) is 0 Å². The van der Waals surface area contributed by atoms with E-state index in [1.54, 1.807) is 27.7 Å². The number of ether oxygens (including phenoxy) is 1. The normalized spacial score (nSPS) is 10.9. The highest BCUT2D eigenvalue weighted by atomic mass is 16.6. The molecule has 0 unspecified atom stereocenters. The summed E-state index contributed by atoms with van der Waals surface area (Å²) in [5.41, 5.74) is -0.548. The van der Waals surface area contributed by atoms with Crippen LogP contribution in [0.1, 0.15) is 34.1 Å². The minimum atomic E-state index is -0.919. The van der Waals surface area contributed by atoms with Crippen molar-refractivity contribution in [2.45, 2.75) is 39.7 Å². The number of carbonyl (C=O) groups excluding carboxylic acids is 1. The lowest BCUT2D eigenvalue weighted by Crippen LogP contribution is -2.37. The molecule has 1 amide bonds. The molecule has 0 bridgehead atoms. The summed E-state index contributed by atoms with van der Waals surface area (Å²) in [6.45, 7) is 7.73. The quantitative estimate of drug-likeness (QED) is 0.778. The molecule has 0 rings (SSSR count). The maximum atomic E-state index is 11.5. The predicted octanol–water partition coefficient (Wildman–Crippen LogP) is 1.72. The number of nitrogens with zero attached hydrogens (tertiary/aromatic N) is 1. The Morgan fingerprint density at radius 3 is 2.20 bits per heavy atom. The Labute approximate surface area is 90.0 Å². The van der Waals surface area contributed by atoms with Gasteiger partial charge in [-0.25, -0.2) is 4.79 Å². The van der Waals surface area contributed by atoms with E-state index in [9.17, 15) is 9.59 Å². The predicted molar refractivity (Wildman–Crippen MR) is 55.7 cm³/mol. The van der Waals surface area contributed by atoms with Crippen LogP contribution in [0.25, 0.3) is 0 Å². The molecule has 0 spiro atoms. The second-order valence-electron chi connectivity index (χ2n) is 4.20. The summed E-state index contributed by atoms with van der Waals surface area (Å²) in [5.74, 6) is -0.919. The molecular weight excluding hydrogens is 198 g/mol. The molecule has 0 aliphatic carbocycles. The SMILES string of the molecule is CCN(CCC(=O)O)C(=O)OC(C)(C)C. The summed E-state index contributed by atoms with van der Waals surface area (Å²) in [6, 6.07) is 0. The van der Waals surface area contributed by atoms with Crippen LogP contribution >= 0.6 is 0 Å². The first-order valence-electron chi connectivity index (χ1n) is 4.96. The summed E-state index contributed by atoms with van der Waals surface area (Å²) in [6.07, 6.45) is -0.529. The zero-order chi connectivity index (χ0) is 12.1. The molecule has 0 atom stereocenters. The van der Waals surface area contributed by atoms with Gasteiger partial charge >= 0.3 is 12.1 Å². The van der Waals surface area contributed by atoms with Crippen LogP contribution < -0.4 is 0 Å². The van der Waals surface area contributed by atoms with Crippen LogP contribution in [0.4, 0.5) is 4.79 Å². The Morgan fingerprint density at radius 1 is 1.33 bits per heavy atom. The first-order valence-corrected chi connectivity index (χ1v) is 4.96. The van der Waals surface area contributed by atoms with Gasteiger partial charge in [-0.1, -0.05) is 0 Å². The number of hydrogen-bond donors (Lipinski definition) is 1. The van der Waals surface area contributed by atoms with Crippen molar-refractivity contribution < 1.29 is 19.4 Å². The molecule has 0 saturated heterocycles. The molecule has 0 aromatic heterocycles. The Bertz CT molecular complexity index is 232. The number of hydrogen-bond acceptors (Lipinski definition) is 3. The first kappa shape index (κ1) is 13.7. The van der Waals surface area contributed by atoms with Crippen LogP contribution in [0.2, 0.25) is 0 Å².